The molecule has 2 atom stereocenters. The maximum Gasteiger partial charge on any atom is 0.306 e. The average molecular weight is 1120 g/mol. The molecule has 0 bridgehead atoms. The van der Waals surface area contributed by atoms with Crippen molar-refractivity contribution < 1.29 is 42.1 Å². The first-order valence-electron chi connectivity index (χ1n) is 30.1. The molecule has 0 N–H and O–H groups in total. The Hall–Kier alpha value is -5.15. The van der Waals surface area contributed by atoms with Gasteiger partial charge in [0.25, 0.3) is 7.82 Å². The van der Waals surface area contributed by atoms with Crippen molar-refractivity contribution in [2.75, 3.05) is 47.5 Å². The number of likely N-dealkylation sites (N-methyl/N-ethyl adjacent to an activating group) is 1. The van der Waals surface area contributed by atoms with Crippen LogP contribution in [0.2, 0.25) is 0 Å². The summed E-state index contributed by atoms with van der Waals surface area (Å²) in [6.07, 6.45) is 92.1. The number of allylic oxidation sites excluding steroid dienone is 32. The Kier molecular flexibility index (Phi) is 54.7. The molecule has 446 valence electrons. The summed E-state index contributed by atoms with van der Waals surface area (Å²) in [6.45, 7) is 3.87. The number of phosphoric acid groups is 1. The van der Waals surface area contributed by atoms with Crippen molar-refractivity contribution in [2.45, 2.75) is 187 Å². The van der Waals surface area contributed by atoms with Crippen LogP contribution in [0.1, 0.15) is 181 Å². The van der Waals surface area contributed by atoms with Crippen molar-refractivity contribution in [1.82, 2.24) is 0 Å². The van der Waals surface area contributed by atoms with Gasteiger partial charge in [-0.1, -0.05) is 228 Å². The number of hydrogen-bond acceptors (Lipinski definition) is 8. The Morgan fingerprint density at radius 1 is 0.388 bits per heavy atom. The molecule has 0 aromatic carbocycles. The van der Waals surface area contributed by atoms with Gasteiger partial charge in [0.15, 0.2) is 6.10 Å². The van der Waals surface area contributed by atoms with E-state index in [0.29, 0.717) is 30.3 Å². The zero-order valence-electron chi connectivity index (χ0n) is 50.4. The number of ether oxygens (including phenoxy) is 2. The first-order valence-corrected chi connectivity index (χ1v) is 31.6. The Balaban J connectivity index is 4.27. The zero-order chi connectivity index (χ0) is 58.4. The molecule has 0 spiro atoms. The van der Waals surface area contributed by atoms with Crippen molar-refractivity contribution in [3.8, 4) is 0 Å². The lowest BCUT2D eigenvalue weighted by molar-refractivity contribution is -0.870. The molecule has 0 radical (unpaired) electrons. The van der Waals surface area contributed by atoms with Gasteiger partial charge in [0.05, 0.1) is 27.7 Å². The summed E-state index contributed by atoms with van der Waals surface area (Å²) in [5.74, 6) is -0.944. The van der Waals surface area contributed by atoms with Crippen molar-refractivity contribution in [1.29, 1.82) is 0 Å². The van der Waals surface area contributed by atoms with E-state index in [1.165, 1.54) is 0 Å². The first-order chi connectivity index (χ1) is 39.0. The van der Waals surface area contributed by atoms with E-state index in [1.807, 2.05) is 27.2 Å². The van der Waals surface area contributed by atoms with E-state index in [1.54, 1.807) is 0 Å². The first kappa shape index (κ1) is 74.8. The van der Waals surface area contributed by atoms with E-state index in [-0.39, 0.29) is 26.1 Å². The number of rotatable bonds is 52. The molecule has 0 amide bonds. The Bertz CT molecular complexity index is 2050. The molecule has 9 nitrogen and oxygen atoms in total. The van der Waals surface area contributed by atoms with Crippen LogP contribution >= 0.6 is 7.82 Å². The second-order valence-corrected chi connectivity index (χ2v) is 21.7. The van der Waals surface area contributed by atoms with Gasteiger partial charge in [0.2, 0.25) is 0 Å². The van der Waals surface area contributed by atoms with Crippen LogP contribution in [0.5, 0.6) is 0 Å². The van der Waals surface area contributed by atoms with Crippen molar-refractivity contribution in [3.05, 3.63) is 194 Å². The summed E-state index contributed by atoms with van der Waals surface area (Å²) in [5.41, 5.74) is 0. The van der Waals surface area contributed by atoms with Gasteiger partial charge in [0, 0.05) is 12.8 Å². The molecular formula is C70H108NO8P. The number of quaternary nitrogens is 1. The molecule has 0 aromatic rings. The minimum absolute atomic E-state index is 0.0555. The van der Waals surface area contributed by atoms with Crippen LogP contribution < -0.4 is 4.89 Å². The second-order valence-electron chi connectivity index (χ2n) is 20.2. The molecule has 80 heavy (non-hydrogen) atoms. The maximum atomic E-state index is 12.8. The fraction of sp³-hybridized carbons (Fsp3) is 0.514. The smallest absolute Gasteiger partial charge is 0.306 e. The molecular weight excluding hydrogens is 1010 g/mol. The lowest BCUT2D eigenvalue weighted by Crippen LogP contribution is -2.37. The molecule has 0 aliphatic heterocycles. The number of nitrogens with zero attached hydrogens (tertiary/aromatic N) is 1. The summed E-state index contributed by atoms with van der Waals surface area (Å²) < 4.78 is 34.0. The third-order valence-corrected chi connectivity index (χ3v) is 12.6. The molecule has 10 heteroatoms. The highest BCUT2D eigenvalue weighted by atomic mass is 31.2. The van der Waals surface area contributed by atoms with Crippen molar-refractivity contribution >= 4 is 19.8 Å². The highest BCUT2D eigenvalue weighted by Crippen LogP contribution is 2.38. The Labute approximate surface area is 488 Å². The van der Waals surface area contributed by atoms with Crippen LogP contribution in [0, 0.1) is 0 Å². The molecule has 2 unspecified atom stereocenters. The Morgan fingerprint density at radius 3 is 1.04 bits per heavy atom. The van der Waals surface area contributed by atoms with Crippen molar-refractivity contribution in [2.24, 2.45) is 0 Å². The average Bonchev–Trinajstić information content (AvgIpc) is 3.42. The zero-order valence-corrected chi connectivity index (χ0v) is 51.3. The lowest BCUT2D eigenvalue weighted by atomic mass is 10.1. The lowest BCUT2D eigenvalue weighted by Gasteiger charge is -2.28. The fourth-order valence-corrected chi connectivity index (χ4v) is 7.78. The van der Waals surface area contributed by atoms with E-state index in [0.717, 1.165) is 135 Å². The van der Waals surface area contributed by atoms with Gasteiger partial charge in [-0.25, -0.2) is 0 Å². The highest BCUT2D eigenvalue weighted by molar-refractivity contribution is 7.45. The maximum absolute atomic E-state index is 12.8. The molecule has 0 heterocycles. The van der Waals surface area contributed by atoms with Gasteiger partial charge in [-0.2, -0.15) is 0 Å². The fourth-order valence-electron chi connectivity index (χ4n) is 7.05. The van der Waals surface area contributed by atoms with E-state index < -0.39 is 32.5 Å². The largest absolute Gasteiger partial charge is 0.756 e. The number of carbonyl (C=O) groups is 2. The summed E-state index contributed by atoms with van der Waals surface area (Å²) in [4.78, 5) is 37.8. The van der Waals surface area contributed by atoms with Gasteiger partial charge >= 0.3 is 11.9 Å². The van der Waals surface area contributed by atoms with Crippen molar-refractivity contribution in [3.63, 3.8) is 0 Å². The number of unbranched alkanes of at least 4 members (excludes halogenated alkanes) is 6. The minimum atomic E-state index is -4.67. The van der Waals surface area contributed by atoms with Crippen LogP contribution in [0.3, 0.4) is 0 Å². The number of phosphoric ester groups is 1. The van der Waals surface area contributed by atoms with Crippen LogP contribution in [0.4, 0.5) is 0 Å². The molecule has 0 fully saturated rings. The van der Waals surface area contributed by atoms with E-state index >= 15 is 0 Å². The van der Waals surface area contributed by atoms with Gasteiger partial charge in [0.1, 0.15) is 19.8 Å². The third kappa shape index (κ3) is 62.1. The summed E-state index contributed by atoms with van der Waals surface area (Å²) in [7, 11) is 1.09. The molecule has 0 saturated carbocycles. The van der Waals surface area contributed by atoms with Gasteiger partial charge in [-0.05, 0) is 135 Å². The van der Waals surface area contributed by atoms with Gasteiger partial charge < -0.3 is 27.9 Å². The summed E-state index contributed by atoms with van der Waals surface area (Å²) in [5, 5.41) is 0. The van der Waals surface area contributed by atoms with E-state index in [9.17, 15) is 19.0 Å². The molecule has 0 rings (SSSR count). The predicted molar refractivity (Wildman–Crippen MR) is 341 cm³/mol. The topological polar surface area (TPSA) is 111 Å². The van der Waals surface area contributed by atoms with E-state index in [2.05, 4.69) is 202 Å². The summed E-state index contributed by atoms with van der Waals surface area (Å²) >= 11 is 0. The summed E-state index contributed by atoms with van der Waals surface area (Å²) in [6, 6.07) is 0. The standard InChI is InChI=1S/C70H108NO8P/c1-6-8-10-12-14-16-18-20-22-24-25-26-27-28-29-30-31-32-33-34-35-36-37-38-39-40-41-42-43-44-45-47-49-51-53-55-57-59-61-63-70(73)79-68(67-78-80(74,75)77-65-64-71(3,4)5)66-76-69(72)62-60-58-56-54-52-50-48-46-23-21-19-17-15-13-11-9-7-2/h8-11,14-17,20-23,25-26,28-29,31-32,34-35,37-38,40-41,43-44,47-50,54,56,68H,6-7,12-13,18-19,24,27,30,33,36,39,42,45-46,51-53,55,57-67H2,1-5H3/b10-8-,11-9-,16-14-,17-15-,22-20-,23-21-,26-25-,29-28-,32-31-,35-34-,38-37-,41-40-,44-43-,49-47-,50-48-,56-54-. The van der Waals surface area contributed by atoms with Crippen LogP contribution in [-0.2, 0) is 32.7 Å². The highest BCUT2D eigenvalue weighted by Gasteiger charge is 2.21. The molecule has 0 aliphatic rings. The Morgan fingerprint density at radius 2 is 0.688 bits per heavy atom. The minimum Gasteiger partial charge on any atom is -0.756 e. The van der Waals surface area contributed by atoms with Gasteiger partial charge in [-0.15, -0.1) is 0 Å². The van der Waals surface area contributed by atoms with Gasteiger partial charge in [-0.3, -0.25) is 14.2 Å². The van der Waals surface area contributed by atoms with Crippen LogP contribution in [0.25, 0.3) is 0 Å². The molecule has 0 aliphatic carbocycles. The third-order valence-electron chi connectivity index (χ3n) is 11.6. The SMILES string of the molecule is CC/C=C\C/C=C\C/C=C\C/C=C\C/C=C\C/C=C\C/C=C\C/C=C\C/C=C\C/C=C\C/C=C\CCCCCCCC(=O)OC(COC(=O)CCC/C=C\C/C=C\C/C=C\C/C=C\C/C=C\CC)COP(=O)([O-])OCC[N+](C)(C)C. The number of hydrogen-bond donors (Lipinski definition) is 0. The number of esters is 2. The predicted octanol–water partition coefficient (Wildman–Crippen LogP) is 18.7. The van der Waals surface area contributed by atoms with Crippen LogP contribution in [-0.4, -0.2) is 70.0 Å². The molecule has 0 aromatic heterocycles. The number of carbonyl (C=O) groups excluding carboxylic acids is 2. The second kappa shape index (κ2) is 58.5. The van der Waals surface area contributed by atoms with Crippen LogP contribution in [0.15, 0.2) is 194 Å². The van der Waals surface area contributed by atoms with E-state index in [4.69, 9.17) is 18.5 Å². The normalized spacial score (nSPS) is 14.6. The molecule has 0 saturated heterocycles. The monoisotopic (exact) mass is 1120 g/mol. The quantitative estimate of drug-likeness (QED) is 0.0195.